The van der Waals surface area contributed by atoms with Crippen molar-refractivity contribution in [3.05, 3.63) is 29.8 Å². The van der Waals surface area contributed by atoms with Gasteiger partial charge in [0, 0.05) is 0 Å². The van der Waals surface area contributed by atoms with E-state index in [1.165, 1.54) is 24.3 Å². The second-order valence-corrected chi connectivity index (χ2v) is 4.98. The standard InChI is InChI=1S/C16H22O5/c1-2-3-4-5-6-7-14(16(19)20)21-13-10-8-12(9-11-13)15(17)18/h8-11,14H,2-7H2,1H3,(H,17,18)(H,19,20). The zero-order chi connectivity index (χ0) is 15.7. The van der Waals surface area contributed by atoms with Crippen LogP contribution in [0.1, 0.15) is 55.8 Å². The lowest BCUT2D eigenvalue weighted by Crippen LogP contribution is -2.26. The van der Waals surface area contributed by atoms with Gasteiger partial charge in [0.2, 0.25) is 0 Å². The zero-order valence-corrected chi connectivity index (χ0v) is 12.2. The van der Waals surface area contributed by atoms with Crippen molar-refractivity contribution in [2.24, 2.45) is 0 Å². The van der Waals surface area contributed by atoms with Crippen LogP contribution in [0, 0.1) is 0 Å². The summed E-state index contributed by atoms with van der Waals surface area (Å²) in [5.41, 5.74) is 0.147. The molecule has 0 amide bonds. The average molecular weight is 294 g/mol. The molecule has 0 aliphatic carbocycles. The second-order valence-electron chi connectivity index (χ2n) is 4.98. The van der Waals surface area contributed by atoms with E-state index in [2.05, 4.69) is 6.92 Å². The van der Waals surface area contributed by atoms with Gasteiger partial charge in [-0.1, -0.05) is 32.6 Å². The molecule has 0 aromatic heterocycles. The Labute approximate surface area is 124 Å². The summed E-state index contributed by atoms with van der Waals surface area (Å²) in [5.74, 6) is -1.64. The quantitative estimate of drug-likeness (QED) is 0.644. The van der Waals surface area contributed by atoms with Crippen molar-refractivity contribution in [3.63, 3.8) is 0 Å². The minimum absolute atomic E-state index is 0.147. The molecule has 5 nitrogen and oxygen atoms in total. The molecule has 2 N–H and O–H groups in total. The van der Waals surface area contributed by atoms with E-state index in [-0.39, 0.29) is 5.56 Å². The number of ether oxygens (including phenoxy) is 1. The number of hydrogen-bond donors (Lipinski definition) is 2. The molecule has 1 atom stereocenters. The average Bonchev–Trinajstić information content (AvgIpc) is 2.46. The molecule has 0 spiro atoms. The highest BCUT2D eigenvalue weighted by molar-refractivity contribution is 5.87. The first-order chi connectivity index (χ1) is 10.0. The minimum atomic E-state index is -1.02. The van der Waals surface area contributed by atoms with Gasteiger partial charge in [0.25, 0.3) is 0 Å². The fraction of sp³-hybridized carbons (Fsp3) is 0.500. The molecule has 1 aromatic carbocycles. The number of benzene rings is 1. The van der Waals surface area contributed by atoms with Gasteiger partial charge in [0.1, 0.15) is 5.75 Å². The van der Waals surface area contributed by atoms with Gasteiger partial charge in [-0.2, -0.15) is 0 Å². The number of rotatable bonds is 10. The first-order valence-electron chi connectivity index (χ1n) is 7.27. The van der Waals surface area contributed by atoms with Crippen LogP contribution >= 0.6 is 0 Å². The molecule has 0 fully saturated rings. The van der Waals surface area contributed by atoms with E-state index in [0.29, 0.717) is 12.2 Å². The number of aliphatic carboxylic acids is 1. The summed E-state index contributed by atoms with van der Waals surface area (Å²) in [6.45, 7) is 2.13. The Morgan fingerprint density at radius 1 is 1.05 bits per heavy atom. The van der Waals surface area contributed by atoms with Crippen LogP contribution in [-0.4, -0.2) is 28.3 Å². The minimum Gasteiger partial charge on any atom is -0.479 e. The van der Waals surface area contributed by atoms with Crippen molar-refractivity contribution in [3.8, 4) is 5.75 Å². The van der Waals surface area contributed by atoms with Gasteiger partial charge in [-0.25, -0.2) is 9.59 Å². The molecular weight excluding hydrogens is 272 g/mol. The highest BCUT2D eigenvalue weighted by Crippen LogP contribution is 2.17. The topological polar surface area (TPSA) is 83.8 Å². The summed E-state index contributed by atoms with van der Waals surface area (Å²) in [5, 5.41) is 18.0. The number of hydrogen-bond acceptors (Lipinski definition) is 3. The molecule has 116 valence electrons. The summed E-state index contributed by atoms with van der Waals surface area (Å²) in [7, 11) is 0. The first kappa shape index (κ1) is 17.0. The van der Waals surface area contributed by atoms with Crippen LogP contribution in [0.3, 0.4) is 0 Å². The number of carboxylic acid groups (broad SMARTS) is 2. The third-order valence-corrected chi connectivity index (χ3v) is 3.22. The van der Waals surface area contributed by atoms with Gasteiger partial charge >= 0.3 is 11.9 Å². The normalized spacial score (nSPS) is 11.9. The second kappa shape index (κ2) is 9.00. The highest BCUT2D eigenvalue weighted by Gasteiger charge is 2.19. The van der Waals surface area contributed by atoms with E-state index in [4.69, 9.17) is 14.9 Å². The molecule has 0 aliphatic heterocycles. The molecule has 1 aromatic rings. The summed E-state index contributed by atoms with van der Waals surface area (Å²) in [6.07, 6.45) is 4.80. The van der Waals surface area contributed by atoms with Gasteiger partial charge < -0.3 is 14.9 Å². The lowest BCUT2D eigenvalue weighted by atomic mass is 10.1. The van der Waals surface area contributed by atoms with Crippen LogP contribution in [0.15, 0.2) is 24.3 Å². The van der Waals surface area contributed by atoms with E-state index < -0.39 is 18.0 Å². The molecule has 1 rings (SSSR count). The maximum Gasteiger partial charge on any atom is 0.344 e. The Balaban J connectivity index is 2.49. The highest BCUT2D eigenvalue weighted by atomic mass is 16.5. The maximum atomic E-state index is 11.2. The Bertz CT molecular complexity index is 452. The lowest BCUT2D eigenvalue weighted by Gasteiger charge is -2.15. The van der Waals surface area contributed by atoms with Crippen molar-refractivity contribution in [1.82, 2.24) is 0 Å². The molecule has 0 heterocycles. The van der Waals surface area contributed by atoms with E-state index in [1.54, 1.807) is 0 Å². The van der Waals surface area contributed by atoms with Crippen molar-refractivity contribution in [1.29, 1.82) is 0 Å². The third kappa shape index (κ3) is 6.29. The van der Waals surface area contributed by atoms with E-state index in [1.807, 2.05) is 0 Å². The SMILES string of the molecule is CCCCCCCC(Oc1ccc(C(=O)O)cc1)C(=O)O. The number of carboxylic acids is 2. The van der Waals surface area contributed by atoms with Gasteiger partial charge in [-0.3, -0.25) is 0 Å². The predicted octanol–water partition coefficient (Wildman–Crippen LogP) is 3.58. The van der Waals surface area contributed by atoms with Crippen LogP contribution in [0.5, 0.6) is 5.75 Å². The first-order valence-corrected chi connectivity index (χ1v) is 7.27. The molecule has 0 saturated carbocycles. The van der Waals surface area contributed by atoms with E-state index in [9.17, 15) is 9.59 Å². The largest absolute Gasteiger partial charge is 0.479 e. The smallest absolute Gasteiger partial charge is 0.344 e. The van der Waals surface area contributed by atoms with Crippen LogP contribution < -0.4 is 4.74 Å². The van der Waals surface area contributed by atoms with Crippen molar-refractivity contribution < 1.29 is 24.5 Å². The van der Waals surface area contributed by atoms with Crippen LogP contribution in [0.25, 0.3) is 0 Å². The van der Waals surface area contributed by atoms with Crippen LogP contribution in [0.4, 0.5) is 0 Å². The summed E-state index contributed by atoms with van der Waals surface area (Å²) in [6, 6.07) is 5.77. The zero-order valence-electron chi connectivity index (χ0n) is 12.2. The van der Waals surface area contributed by atoms with Crippen molar-refractivity contribution >= 4 is 11.9 Å². The maximum absolute atomic E-state index is 11.2. The van der Waals surface area contributed by atoms with Crippen molar-refractivity contribution in [2.45, 2.75) is 51.6 Å². The van der Waals surface area contributed by atoms with Crippen molar-refractivity contribution in [2.75, 3.05) is 0 Å². The molecule has 21 heavy (non-hydrogen) atoms. The summed E-state index contributed by atoms with van der Waals surface area (Å²) < 4.78 is 5.42. The Kier molecular flexibility index (Phi) is 7.29. The van der Waals surface area contributed by atoms with Gasteiger partial charge in [0.05, 0.1) is 5.56 Å². The molecule has 0 bridgehead atoms. The van der Waals surface area contributed by atoms with Crippen LogP contribution in [-0.2, 0) is 4.79 Å². The fourth-order valence-corrected chi connectivity index (χ4v) is 2.01. The van der Waals surface area contributed by atoms with Gasteiger partial charge in [0.15, 0.2) is 6.10 Å². The lowest BCUT2D eigenvalue weighted by molar-refractivity contribution is -0.145. The summed E-state index contributed by atoms with van der Waals surface area (Å²) in [4.78, 5) is 21.9. The molecule has 5 heteroatoms. The molecular formula is C16H22O5. The van der Waals surface area contributed by atoms with Crippen LogP contribution in [0.2, 0.25) is 0 Å². The Morgan fingerprint density at radius 2 is 1.67 bits per heavy atom. The number of aromatic carboxylic acids is 1. The molecule has 0 aliphatic rings. The number of unbranched alkanes of at least 4 members (excludes halogenated alkanes) is 4. The molecule has 1 unspecified atom stereocenters. The fourth-order valence-electron chi connectivity index (χ4n) is 2.01. The van der Waals surface area contributed by atoms with E-state index in [0.717, 1.165) is 32.1 Å². The van der Waals surface area contributed by atoms with Gasteiger partial charge in [-0.05, 0) is 37.1 Å². The monoisotopic (exact) mass is 294 g/mol. The molecule has 0 saturated heterocycles. The number of carbonyl (C=O) groups is 2. The Hall–Kier alpha value is -2.04. The van der Waals surface area contributed by atoms with Gasteiger partial charge in [-0.15, -0.1) is 0 Å². The molecule has 0 radical (unpaired) electrons. The summed E-state index contributed by atoms with van der Waals surface area (Å²) >= 11 is 0. The predicted molar refractivity (Wildman–Crippen MR) is 78.8 cm³/mol. The Morgan fingerprint density at radius 3 is 2.19 bits per heavy atom. The van der Waals surface area contributed by atoms with E-state index >= 15 is 0 Å². The third-order valence-electron chi connectivity index (χ3n) is 3.22.